The lowest BCUT2D eigenvalue weighted by atomic mass is 10.2. The topological polar surface area (TPSA) is 170 Å². The predicted octanol–water partition coefficient (Wildman–Crippen LogP) is -1.32. The fourth-order valence-corrected chi connectivity index (χ4v) is 2.17. The number of rotatable bonds is 3. The molecule has 1 aromatic carbocycles. The van der Waals surface area contributed by atoms with Crippen LogP contribution in [0.2, 0.25) is 0 Å². The van der Waals surface area contributed by atoms with Crippen molar-refractivity contribution >= 4 is 32.3 Å². The van der Waals surface area contributed by atoms with E-state index in [1.54, 1.807) is 4.83 Å². The molecule has 1 heterocycles. The Labute approximate surface area is 116 Å². The fourth-order valence-electron chi connectivity index (χ4n) is 1.68. The highest BCUT2D eigenvalue weighted by Crippen LogP contribution is 2.24. The summed E-state index contributed by atoms with van der Waals surface area (Å²) in [5.74, 6) is 0. The monoisotopic (exact) mass is 315 g/mol. The standard InChI is InChI=1S/C9H9N5O6S/c1-21(19,20)12-13-8(15)4-2-5(10)7(14(17)18)3-6(4)11-9(13)16/h2-3,12H,10H2,1H3,(H,11,16). The number of nitrogen functional groups attached to an aromatic ring is 1. The smallest absolute Gasteiger partial charge is 0.348 e. The number of nitro groups is 1. The number of sulfonamides is 1. The Morgan fingerprint density at radius 3 is 2.52 bits per heavy atom. The Morgan fingerprint density at radius 2 is 2.00 bits per heavy atom. The first kappa shape index (κ1) is 14.5. The van der Waals surface area contributed by atoms with Gasteiger partial charge >= 0.3 is 5.69 Å². The molecule has 0 radical (unpaired) electrons. The quantitative estimate of drug-likeness (QED) is 0.358. The van der Waals surface area contributed by atoms with Crippen molar-refractivity contribution in [3.63, 3.8) is 0 Å². The molecule has 0 unspecified atom stereocenters. The van der Waals surface area contributed by atoms with Crippen molar-refractivity contribution < 1.29 is 13.3 Å². The zero-order valence-electron chi connectivity index (χ0n) is 10.5. The average Bonchev–Trinajstić information content (AvgIpc) is 2.33. The minimum atomic E-state index is -3.87. The van der Waals surface area contributed by atoms with Crippen LogP contribution in [0.15, 0.2) is 21.7 Å². The molecular formula is C9H9N5O6S. The molecule has 0 atom stereocenters. The second-order valence-corrected chi connectivity index (χ2v) is 5.87. The van der Waals surface area contributed by atoms with Gasteiger partial charge in [0.1, 0.15) is 5.69 Å². The van der Waals surface area contributed by atoms with Crippen molar-refractivity contribution in [2.45, 2.75) is 0 Å². The first-order valence-corrected chi connectivity index (χ1v) is 7.20. The van der Waals surface area contributed by atoms with Crippen molar-refractivity contribution in [1.29, 1.82) is 0 Å². The van der Waals surface area contributed by atoms with E-state index in [9.17, 15) is 28.1 Å². The number of aromatic amines is 1. The second kappa shape index (κ2) is 4.59. The summed E-state index contributed by atoms with van der Waals surface area (Å²) < 4.78 is 22.5. The number of benzene rings is 1. The lowest BCUT2D eigenvalue weighted by molar-refractivity contribution is -0.383. The zero-order chi connectivity index (χ0) is 15.9. The van der Waals surface area contributed by atoms with Crippen molar-refractivity contribution in [3.05, 3.63) is 43.1 Å². The summed E-state index contributed by atoms with van der Waals surface area (Å²) in [5, 5.41) is 10.6. The van der Waals surface area contributed by atoms with E-state index in [2.05, 4.69) is 4.98 Å². The molecule has 0 fully saturated rings. The SMILES string of the molecule is CS(=O)(=O)Nn1c(=O)[nH]c2cc([N+](=O)[O-])c(N)cc2c1=O. The maximum Gasteiger partial charge on any atom is 0.348 e. The van der Waals surface area contributed by atoms with Crippen LogP contribution >= 0.6 is 0 Å². The highest BCUT2D eigenvalue weighted by atomic mass is 32.2. The van der Waals surface area contributed by atoms with Crippen molar-refractivity contribution in [1.82, 2.24) is 9.66 Å². The van der Waals surface area contributed by atoms with Crippen LogP contribution in [0.5, 0.6) is 0 Å². The Morgan fingerprint density at radius 1 is 1.38 bits per heavy atom. The van der Waals surface area contributed by atoms with Crippen molar-refractivity contribution in [2.24, 2.45) is 0 Å². The molecule has 0 saturated carbocycles. The minimum absolute atomic E-state index is 0.127. The Kier molecular flexibility index (Phi) is 3.17. The summed E-state index contributed by atoms with van der Waals surface area (Å²) >= 11 is 0. The van der Waals surface area contributed by atoms with Crippen molar-refractivity contribution in [2.75, 3.05) is 16.8 Å². The maximum absolute atomic E-state index is 12.1. The van der Waals surface area contributed by atoms with Gasteiger partial charge in [-0.05, 0) is 6.07 Å². The van der Waals surface area contributed by atoms with Crippen LogP contribution in [0, 0.1) is 10.1 Å². The molecule has 0 saturated heterocycles. The van der Waals surface area contributed by atoms with Gasteiger partial charge < -0.3 is 10.7 Å². The third kappa shape index (κ3) is 2.69. The maximum atomic E-state index is 12.1. The third-order valence-electron chi connectivity index (χ3n) is 2.50. The Bertz CT molecular complexity index is 973. The van der Waals surface area contributed by atoms with Crippen LogP contribution in [-0.2, 0) is 10.0 Å². The average molecular weight is 315 g/mol. The molecule has 21 heavy (non-hydrogen) atoms. The van der Waals surface area contributed by atoms with Gasteiger partial charge in [0, 0.05) is 6.07 Å². The first-order valence-electron chi connectivity index (χ1n) is 5.31. The Hall–Kier alpha value is -2.89. The first-order chi connectivity index (χ1) is 9.60. The molecule has 12 heteroatoms. The number of fused-ring (bicyclic) bond motifs is 1. The van der Waals surface area contributed by atoms with E-state index in [-0.39, 0.29) is 21.3 Å². The molecule has 2 aromatic rings. The molecular weight excluding hydrogens is 306 g/mol. The number of nitrogens with one attached hydrogen (secondary N) is 2. The van der Waals surface area contributed by atoms with Gasteiger partial charge in [0.05, 0.1) is 22.1 Å². The number of anilines is 1. The van der Waals surface area contributed by atoms with Gasteiger partial charge in [0.25, 0.3) is 11.2 Å². The number of hydrogen-bond donors (Lipinski definition) is 3. The summed E-state index contributed by atoms with van der Waals surface area (Å²) in [6.45, 7) is 0. The van der Waals surface area contributed by atoms with Crippen LogP contribution in [-0.4, -0.2) is 29.3 Å². The van der Waals surface area contributed by atoms with Gasteiger partial charge in [-0.2, -0.15) is 4.68 Å². The second-order valence-electron chi connectivity index (χ2n) is 4.15. The summed E-state index contributed by atoms with van der Waals surface area (Å²) in [5.41, 5.74) is 2.47. The summed E-state index contributed by atoms with van der Waals surface area (Å²) in [6.07, 6.45) is 0.757. The number of hydrogen-bond acceptors (Lipinski definition) is 7. The predicted molar refractivity (Wildman–Crippen MR) is 74.1 cm³/mol. The molecule has 2 rings (SSSR count). The summed E-state index contributed by atoms with van der Waals surface area (Å²) in [4.78, 5) is 37.6. The summed E-state index contributed by atoms with van der Waals surface area (Å²) in [6, 6.07) is 1.92. The number of nitro benzene ring substituents is 1. The highest BCUT2D eigenvalue weighted by molar-refractivity contribution is 7.91. The zero-order valence-corrected chi connectivity index (χ0v) is 11.3. The van der Waals surface area contributed by atoms with Gasteiger partial charge in [0.2, 0.25) is 10.0 Å². The van der Waals surface area contributed by atoms with Crippen molar-refractivity contribution in [3.8, 4) is 0 Å². The van der Waals surface area contributed by atoms with Gasteiger partial charge in [-0.1, -0.05) is 0 Å². The fraction of sp³-hybridized carbons (Fsp3) is 0.111. The molecule has 1 aromatic heterocycles. The molecule has 0 amide bonds. The molecule has 112 valence electrons. The van der Waals surface area contributed by atoms with Crippen LogP contribution in [0.25, 0.3) is 10.9 Å². The van der Waals surface area contributed by atoms with E-state index in [0.717, 1.165) is 18.4 Å². The van der Waals surface area contributed by atoms with E-state index in [0.29, 0.717) is 0 Å². The normalized spacial score (nSPS) is 11.5. The molecule has 0 spiro atoms. The van der Waals surface area contributed by atoms with E-state index >= 15 is 0 Å². The van der Waals surface area contributed by atoms with Crippen LogP contribution in [0.4, 0.5) is 11.4 Å². The van der Waals surface area contributed by atoms with Gasteiger partial charge in [-0.25, -0.2) is 18.0 Å². The van der Waals surface area contributed by atoms with E-state index < -0.39 is 31.9 Å². The highest BCUT2D eigenvalue weighted by Gasteiger charge is 2.17. The Balaban J connectivity index is 2.85. The van der Waals surface area contributed by atoms with Gasteiger partial charge in [-0.3, -0.25) is 14.9 Å². The lowest BCUT2D eigenvalue weighted by Crippen LogP contribution is -2.43. The number of nitrogens with two attached hydrogens (primary N) is 1. The van der Waals surface area contributed by atoms with E-state index in [1.807, 2.05) is 0 Å². The minimum Gasteiger partial charge on any atom is -0.393 e. The third-order valence-corrected chi connectivity index (χ3v) is 3.01. The molecule has 0 aliphatic rings. The van der Waals surface area contributed by atoms with Crippen LogP contribution in [0.1, 0.15) is 0 Å². The van der Waals surface area contributed by atoms with Gasteiger partial charge in [0.15, 0.2) is 0 Å². The lowest BCUT2D eigenvalue weighted by Gasteiger charge is -2.07. The van der Waals surface area contributed by atoms with E-state index in [4.69, 9.17) is 5.73 Å². The summed E-state index contributed by atoms with van der Waals surface area (Å²) in [7, 11) is -3.87. The number of nitrogens with zero attached hydrogens (tertiary/aromatic N) is 2. The van der Waals surface area contributed by atoms with Gasteiger partial charge in [-0.15, -0.1) is 0 Å². The molecule has 4 N–H and O–H groups in total. The van der Waals surface area contributed by atoms with Crippen LogP contribution < -0.4 is 21.8 Å². The molecule has 11 nitrogen and oxygen atoms in total. The van der Waals surface area contributed by atoms with E-state index in [1.165, 1.54) is 0 Å². The van der Waals surface area contributed by atoms with Crippen LogP contribution in [0.3, 0.4) is 0 Å². The largest absolute Gasteiger partial charge is 0.393 e. The molecule has 0 bridgehead atoms. The number of aromatic nitrogens is 2. The molecule has 0 aliphatic carbocycles. The number of H-pyrrole nitrogens is 1. The molecule has 0 aliphatic heterocycles.